The van der Waals surface area contributed by atoms with E-state index in [1.165, 1.54) is 0 Å². The number of halogens is 6. The van der Waals surface area contributed by atoms with Gasteiger partial charge in [0.2, 0.25) is 0 Å². The lowest BCUT2D eigenvalue weighted by molar-refractivity contribution is 0.151. The molecule has 9 heteroatoms. The van der Waals surface area contributed by atoms with Gasteiger partial charge in [0.1, 0.15) is 11.5 Å². The first kappa shape index (κ1) is 15.7. The first-order valence-electron chi connectivity index (χ1n) is 5.46. The first-order chi connectivity index (χ1) is 10.3. The van der Waals surface area contributed by atoms with Crippen LogP contribution in [0.1, 0.15) is 0 Å². The van der Waals surface area contributed by atoms with Gasteiger partial charge < -0.3 is 9.47 Å². The van der Waals surface area contributed by atoms with Crippen LogP contribution in [-0.4, -0.2) is 6.16 Å². The van der Waals surface area contributed by atoms with Crippen molar-refractivity contribution in [3.8, 4) is 11.5 Å². The molecule has 116 valence electrons. The molecule has 0 radical (unpaired) electrons. The molecule has 2 aromatic rings. The molecule has 2 aromatic carbocycles. The summed E-state index contributed by atoms with van der Waals surface area (Å²) in [4.78, 5) is 11.3. The minimum absolute atomic E-state index is 0.353. The molecule has 0 saturated carbocycles. The van der Waals surface area contributed by atoms with Crippen molar-refractivity contribution >= 4 is 6.16 Å². The standard InChI is InChI=1S/C13H4F6O3/c14-7-1-5(2-8(15)11(7)18)21-13(20)22-6-3-9(16)12(19)10(17)4-6/h1-4H. The molecule has 2 rings (SSSR count). The van der Waals surface area contributed by atoms with Crippen LogP contribution in [0.4, 0.5) is 31.1 Å². The molecular weight excluding hydrogens is 318 g/mol. The normalized spacial score (nSPS) is 10.5. The Labute approximate surface area is 118 Å². The van der Waals surface area contributed by atoms with Crippen molar-refractivity contribution < 1.29 is 40.6 Å². The molecule has 0 fully saturated rings. The van der Waals surface area contributed by atoms with E-state index in [0.717, 1.165) is 0 Å². The van der Waals surface area contributed by atoms with Gasteiger partial charge in [0.05, 0.1) is 0 Å². The lowest BCUT2D eigenvalue weighted by atomic mass is 10.3. The topological polar surface area (TPSA) is 35.5 Å². The van der Waals surface area contributed by atoms with Crippen LogP contribution < -0.4 is 9.47 Å². The largest absolute Gasteiger partial charge is 0.519 e. The predicted octanol–water partition coefficient (Wildman–Crippen LogP) is 4.10. The zero-order valence-electron chi connectivity index (χ0n) is 10.3. The second kappa shape index (κ2) is 5.96. The zero-order valence-corrected chi connectivity index (χ0v) is 10.3. The number of carbonyl (C=O) groups is 1. The van der Waals surface area contributed by atoms with Crippen molar-refractivity contribution in [2.24, 2.45) is 0 Å². The van der Waals surface area contributed by atoms with Crippen molar-refractivity contribution in [2.75, 3.05) is 0 Å². The van der Waals surface area contributed by atoms with E-state index in [1.807, 2.05) is 0 Å². The molecule has 0 heterocycles. The number of benzene rings is 2. The molecule has 22 heavy (non-hydrogen) atoms. The van der Waals surface area contributed by atoms with E-state index in [1.54, 1.807) is 0 Å². The summed E-state index contributed by atoms with van der Waals surface area (Å²) < 4.78 is 85.5. The highest BCUT2D eigenvalue weighted by Gasteiger charge is 2.17. The van der Waals surface area contributed by atoms with E-state index in [-0.39, 0.29) is 0 Å². The van der Waals surface area contributed by atoms with E-state index >= 15 is 0 Å². The number of ether oxygens (including phenoxy) is 2. The van der Waals surface area contributed by atoms with Gasteiger partial charge in [-0.1, -0.05) is 0 Å². The van der Waals surface area contributed by atoms with Gasteiger partial charge in [-0.3, -0.25) is 0 Å². The maximum atomic E-state index is 12.9. The third-order valence-electron chi connectivity index (χ3n) is 2.32. The zero-order chi connectivity index (χ0) is 16.4. The first-order valence-corrected chi connectivity index (χ1v) is 5.46. The van der Waals surface area contributed by atoms with Crippen molar-refractivity contribution in [3.05, 3.63) is 59.2 Å². The molecule has 0 spiro atoms. The molecular formula is C13H4F6O3. The van der Waals surface area contributed by atoms with E-state index in [0.29, 0.717) is 24.3 Å². The van der Waals surface area contributed by atoms with E-state index in [4.69, 9.17) is 0 Å². The average molecular weight is 322 g/mol. The molecule has 0 saturated heterocycles. The molecule has 0 bridgehead atoms. The smallest absolute Gasteiger partial charge is 0.394 e. The number of carbonyl (C=O) groups excluding carboxylic acids is 1. The molecule has 3 nitrogen and oxygen atoms in total. The van der Waals surface area contributed by atoms with Gasteiger partial charge in [0.15, 0.2) is 34.9 Å². The van der Waals surface area contributed by atoms with Gasteiger partial charge in [-0.15, -0.1) is 0 Å². The number of rotatable bonds is 2. The summed E-state index contributed by atoms with van der Waals surface area (Å²) in [5.74, 6) is -11.5. The second-order valence-corrected chi connectivity index (χ2v) is 3.86. The fourth-order valence-corrected chi connectivity index (χ4v) is 1.40. The van der Waals surface area contributed by atoms with Crippen LogP contribution in [-0.2, 0) is 0 Å². The Morgan fingerprint density at radius 1 is 0.636 bits per heavy atom. The summed E-state index contributed by atoms with van der Waals surface area (Å²) in [5, 5.41) is 0. The lowest BCUT2D eigenvalue weighted by Gasteiger charge is -2.07. The second-order valence-electron chi connectivity index (χ2n) is 3.86. The Bertz CT molecular complexity index is 639. The van der Waals surface area contributed by atoms with Crippen LogP contribution in [0.25, 0.3) is 0 Å². The quantitative estimate of drug-likeness (QED) is 0.361. The third-order valence-corrected chi connectivity index (χ3v) is 2.32. The van der Waals surface area contributed by atoms with Gasteiger partial charge in [-0.05, 0) is 0 Å². The molecule has 0 aliphatic heterocycles. The van der Waals surface area contributed by atoms with Gasteiger partial charge in [-0.2, -0.15) is 0 Å². The lowest BCUT2D eigenvalue weighted by Crippen LogP contribution is -2.14. The maximum Gasteiger partial charge on any atom is 0.519 e. The minimum Gasteiger partial charge on any atom is -0.394 e. The number of hydrogen-bond acceptors (Lipinski definition) is 3. The van der Waals surface area contributed by atoms with E-state index < -0.39 is 52.6 Å². The summed E-state index contributed by atoms with van der Waals surface area (Å²) in [6.45, 7) is 0. The molecule has 0 amide bonds. The van der Waals surface area contributed by atoms with Crippen molar-refractivity contribution in [1.82, 2.24) is 0 Å². The third kappa shape index (κ3) is 3.30. The van der Waals surface area contributed by atoms with Gasteiger partial charge in [-0.25, -0.2) is 31.1 Å². The molecule has 0 unspecified atom stereocenters. The minimum atomic E-state index is -1.77. The summed E-state index contributed by atoms with van der Waals surface area (Å²) in [5.41, 5.74) is 0. The summed E-state index contributed by atoms with van der Waals surface area (Å²) in [7, 11) is 0. The van der Waals surface area contributed by atoms with Gasteiger partial charge >= 0.3 is 6.16 Å². The molecule has 0 atom stereocenters. The summed E-state index contributed by atoms with van der Waals surface area (Å²) in [6, 6.07) is 1.41. The van der Waals surface area contributed by atoms with Crippen molar-refractivity contribution in [3.63, 3.8) is 0 Å². The van der Waals surface area contributed by atoms with E-state index in [9.17, 15) is 31.1 Å². The molecule has 0 aromatic heterocycles. The Kier molecular flexibility index (Phi) is 4.25. The van der Waals surface area contributed by atoms with Crippen molar-refractivity contribution in [2.45, 2.75) is 0 Å². The SMILES string of the molecule is O=C(Oc1cc(F)c(F)c(F)c1)Oc1cc(F)c(F)c(F)c1. The highest BCUT2D eigenvalue weighted by molar-refractivity contribution is 5.67. The fourth-order valence-electron chi connectivity index (χ4n) is 1.40. The van der Waals surface area contributed by atoms with Crippen LogP contribution >= 0.6 is 0 Å². The number of hydrogen-bond donors (Lipinski definition) is 0. The van der Waals surface area contributed by atoms with Gasteiger partial charge in [0.25, 0.3) is 0 Å². The highest BCUT2D eigenvalue weighted by atomic mass is 19.2. The van der Waals surface area contributed by atoms with Gasteiger partial charge in [0, 0.05) is 24.3 Å². The monoisotopic (exact) mass is 322 g/mol. The summed E-state index contributed by atoms with van der Waals surface area (Å²) in [6.07, 6.45) is -1.63. The van der Waals surface area contributed by atoms with Crippen molar-refractivity contribution in [1.29, 1.82) is 0 Å². The Balaban J connectivity index is 2.14. The van der Waals surface area contributed by atoms with E-state index in [2.05, 4.69) is 9.47 Å². The Morgan fingerprint density at radius 2 is 0.909 bits per heavy atom. The van der Waals surface area contributed by atoms with Crippen LogP contribution in [0.15, 0.2) is 24.3 Å². The Morgan fingerprint density at radius 3 is 1.18 bits per heavy atom. The molecule has 0 aliphatic carbocycles. The van der Waals surface area contributed by atoms with Crippen LogP contribution in [0, 0.1) is 34.9 Å². The average Bonchev–Trinajstić information content (AvgIpc) is 2.41. The van der Waals surface area contributed by atoms with Crippen LogP contribution in [0.2, 0.25) is 0 Å². The van der Waals surface area contributed by atoms with Crippen LogP contribution in [0.5, 0.6) is 11.5 Å². The molecule has 0 N–H and O–H groups in total. The maximum absolute atomic E-state index is 12.9. The summed E-state index contributed by atoms with van der Waals surface area (Å²) >= 11 is 0. The predicted molar refractivity (Wildman–Crippen MR) is 59.3 cm³/mol. The Hall–Kier alpha value is -2.71. The highest BCUT2D eigenvalue weighted by Crippen LogP contribution is 2.22. The fraction of sp³-hybridized carbons (Fsp3) is 0. The van der Waals surface area contributed by atoms with Crippen LogP contribution in [0.3, 0.4) is 0 Å². The molecule has 0 aliphatic rings.